The second-order valence-corrected chi connectivity index (χ2v) is 8.84. The van der Waals surface area contributed by atoms with Gasteiger partial charge >= 0.3 is 0 Å². The van der Waals surface area contributed by atoms with Crippen molar-refractivity contribution >= 4 is 12.4 Å². The van der Waals surface area contributed by atoms with Crippen LogP contribution in [0.4, 0.5) is 0 Å². The monoisotopic (exact) mass is 461 g/mol. The van der Waals surface area contributed by atoms with Crippen LogP contribution in [0.3, 0.4) is 0 Å². The molecule has 0 unspecified atom stereocenters. The highest BCUT2D eigenvalue weighted by Crippen LogP contribution is 2.39. The lowest BCUT2D eigenvalue weighted by Crippen LogP contribution is -2.49. The summed E-state index contributed by atoms with van der Waals surface area (Å²) in [6, 6.07) is 1.53. The van der Waals surface area contributed by atoms with Crippen molar-refractivity contribution in [2.45, 2.75) is 44.4 Å². The van der Waals surface area contributed by atoms with E-state index >= 15 is 0 Å². The number of aromatic nitrogens is 3. The fourth-order valence-electron chi connectivity index (χ4n) is 4.68. The summed E-state index contributed by atoms with van der Waals surface area (Å²) in [4.78, 5) is 30.1. The zero-order chi connectivity index (χ0) is 23.4. The standard InChI is InChI=1S/C21H29N5O4.CH2O2/c1-24(13-15-3-4-15)14-16-12-22-20-21(29-10-9-26(16)20)5-7-25(8-6-21)19(27)17-11-18(28-2)23-30-17;2-1-3/h11-12,15H,3-10,13-14H2,1-2H3;1H,(H,2,3). The molecule has 1 saturated carbocycles. The molecule has 1 amide bonds. The minimum Gasteiger partial charge on any atom is -0.483 e. The molecule has 0 aromatic carbocycles. The first-order chi connectivity index (χ1) is 16.0. The Balaban J connectivity index is 0.000000821. The quantitative estimate of drug-likeness (QED) is 0.639. The Bertz CT molecular complexity index is 960. The van der Waals surface area contributed by atoms with E-state index in [0.717, 1.165) is 44.2 Å². The van der Waals surface area contributed by atoms with E-state index in [1.54, 1.807) is 4.90 Å². The molecule has 1 spiro atoms. The number of amides is 1. The highest BCUT2D eigenvalue weighted by Gasteiger charge is 2.44. The van der Waals surface area contributed by atoms with E-state index in [2.05, 4.69) is 21.7 Å². The molecule has 0 radical (unpaired) electrons. The van der Waals surface area contributed by atoms with Crippen LogP contribution >= 0.6 is 0 Å². The number of ether oxygens (including phenoxy) is 2. The Morgan fingerprint density at radius 1 is 1.36 bits per heavy atom. The number of likely N-dealkylation sites (tertiary alicyclic amines) is 1. The third-order valence-corrected chi connectivity index (χ3v) is 6.50. The summed E-state index contributed by atoms with van der Waals surface area (Å²) in [5, 5.41) is 10.6. The highest BCUT2D eigenvalue weighted by molar-refractivity contribution is 5.91. The average molecular weight is 462 g/mol. The lowest BCUT2D eigenvalue weighted by molar-refractivity contribution is -0.122. The van der Waals surface area contributed by atoms with Gasteiger partial charge in [-0.05, 0) is 31.0 Å². The predicted octanol–water partition coefficient (Wildman–Crippen LogP) is 1.58. The van der Waals surface area contributed by atoms with Crippen LogP contribution in [0.2, 0.25) is 0 Å². The van der Waals surface area contributed by atoms with Gasteiger partial charge in [-0.25, -0.2) is 4.98 Å². The number of carboxylic acid groups (broad SMARTS) is 1. The summed E-state index contributed by atoms with van der Waals surface area (Å²) < 4.78 is 18.8. The van der Waals surface area contributed by atoms with Gasteiger partial charge in [0.05, 0.1) is 25.5 Å². The Hall–Kier alpha value is -2.92. The van der Waals surface area contributed by atoms with Crippen LogP contribution in [-0.2, 0) is 28.2 Å². The number of rotatable bonds is 6. The second-order valence-electron chi connectivity index (χ2n) is 8.84. The maximum absolute atomic E-state index is 12.7. The molecule has 2 aromatic rings. The molecule has 2 aliphatic heterocycles. The fourth-order valence-corrected chi connectivity index (χ4v) is 4.68. The van der Waals surface area contributed by atoms with Gasteiger partial charge in [0.15, 0.2) is 0 Å². The van der Waals surface area contributed by atoms with Gasteiger partial charge in [0, 0.05) is 51.8 Å². The fraction of sp³-hybridized carbons (Fsp3) is 0.636. The zero-order valence-electron chi connectivity index (χ0n) is 19.1. The Kier molecular flexibility index (Phi) is 6.99. The molecule has 4 heterocycles. The van der Waals surface area contributed by atoms with Crippen molar-refractivity contribution in [3.63, 3.8) is 0 Å². The normalized spacial score (nSPS) is 19.1. The van der Waals surface area contributed by atoms with Gasteiger partial charge in [-0.15, -0.1) is 0 Å². The van der Waals surface area contributed by atoms with Crippen molar-refractivity contribution in [3.8, 4) is 5.88 Å². The number of piperidine rings is 1. The minimum atomic E-state index is -0.415. The van der Waals surface area contributed by atoms with Crippen LogP contribution in [-0.4, -0.2) is 82.4 Å². The first-order valence-corrected chi connectivity index (χ1v) is 11.2. The molecule has 11 nitrogen and oxygen atoms in total. The summed E-state index contributed by atoms with van der Waals surface area (Å²) >= 11 is 0. The molecular formula is C22H31N5O6. The van der Waals surface area contributed by atoms with Gasteiger partial charge in [0.2, 0.25) is 5.76 Å². The summed E-state index contributed by atoms with van der Waals surface area (Å²) in [5.74, 6) is 2.23. The van der Waals surface area contributed by atoms with Crippen LogP contribution in [0.25, 0.3) is 0 Å². The molecule has 0 bridgehead atoms. The van der Waals surface area contributed by atoms with Crippen molar-refractivity contribution in [2.75, 3.05) is 40.4 Å². The summed E-state index contributed by atoms with van der Waals surface area (Å²) in [5.41, 5.74) is 0.838. The molecule has 33 heavy (non-hydrogen) atoms. The maximum atomic E-state index is 12.7. The number of hydrogen-bond donors (Lipinski definition) is 1. The topological polar surface area (TPSA) is 123 Å². The van der Waals surface area contributed by atoms with Crippen molar-refractivity contribution < 1.29 is 28.7 Å². The van der Waals surface area contributed by atoms with Crippen molar-refractivity contribution in [2.24, 2.45) is 5.92 Å². The van der Waals surface area contributed by atoms with Crippen LogP contribution in [0.5, 0.6) is 5.88 Å². The Morgan fingerprint density at radius 2 is 2.09 bits per heavy atom. The third kappa shape index (κ3) is 5.03. The van der Waals surface area contributed by atoms with Gasteiger partial charge in [0.1, 0.15) is 11.4 Å². The number of fused-ring (bicyclic) bond motifs is 2. The summed E-state index contributed by atoms with van der Waals surface area (Å²) in [7, 11) is 3.69. The molecule has 0 atom stereocenters. The molecule has 5 rings (SSSR count). The number of methoxy groups -OCH3 is 1. The van der Waals surface area contributed by atoms with E-state index in [1.807, 2.05) is 6.20 Å². The summed E-state index contributed by atoms with van der Waals surface area (Å²) in [6.07, 6.45) is 6.17. The average Bonchev–Trinajstić information content (AvgIpc) is 3.32. The van der Waals surface area contributed by atoms with Crippen molar-refractivity contribution in [1.29, 1.82) is 0 Å². The number of carbonyl (C=O) groups excluding carboxylic acids is 1. The van der Waals surface area contributed by atoms with Crippen LogP contribution in [0, 0.1) is 5.92 Å². The number of nitrogens with zero attached hydrogens (tertiary/aromatic N) is 5. The minimum absolute atomic E-state index is 0.165. The van der Waals surface area contributed by atoms with E-state index < -0.39 is 5.60 Å². The molecule has 1 saturated heterocycles. The Labute approximate surface area is 192 Å². The van der Waals surface area contributed by atoms with Crippen molar-refractivity contribution in [3.05, 3.63) is 29.5 Å². The van der Waals surface area contributed by atoms with Gasteiger partial charge < -0.3 is 33.5 Å². The largest absolute Gasteiger partial charge is 0.483 e. The van der Waals surface area contributed by atoms with E-state index in [1.165, 1.54) is 31.7 Å². The highest BCUT2D eigenvalue weighted by atomic mass is 16.5. The smallest absolute Gasteiger partial charge is 0.292 e. The van der Waals surface area contributed by atoms with E-state index in [0.29, 0.717) is 25.6 Å². The lowest BCUT2D eigenvalue weighted by atomic mass is 9.89. The van der Waals surface area contributed by atoms with Crippen molar-refractivity contribution in [1.82, 2.24) is 24.5 Å². The predicted molar refractivity (Wildman–Crippen MR) is 116 cm³/mol. The van der Waals surface area contributed by atoms with Gasteiger partial charge in [-0.2, -0.15) is 0 Å². The van der Waals surface area contributed by atoms with Gasteiger partial charge in [-0.3, -0.25) is 9.59 Å². The first kappa shape index (κ1) is 23.2. The summed E-state index contributed by atoms with van der Waals surface area (Å²) in [6.45, 7) is 4.51. The number of imidazole rings is 1. The number of carbonyl (C=O) groups is 2. The molecule has 3 aliphatic rings. The molecule has 2 aromatic heterocycles. The number of hydrogen-bond acceptors (Lipinski definition) is 8. The van der Waals surface area contributed by atoms with Crippen LogP contribution in [0.1, 0.15) is 47.8 Å². The van der Waals surface area contributed by atoms with Gasteiger partial charge in [-0.1, -0.05) is 0 Å². The molecule has 180 valence electrons. The zero-order valence-corrected chi connectivity index (χ0v) is 19.1. The maximum Gasteiger partial charge on any atom is 0.292 e. The molecule has 1 aliphatic carbocycles. The van der Waals surface area contributed by atoms with Crippen LogP contribution < -0.4 is 4.74 Å². The SMILES string of the molecule is COc1cc(C(=O)N2CCC3(CC2)OCCn2c(CN(C)CC4CC4)cnc23)on1.O=CO. The van der Waals surface area contributed by atoms with E-state index in [4.69, 9.17) is 28.9 Å². The first-order valence-electron chi connectivity index (χ1n) is 11.2. The molecular weight excluding hydrogens is 430 g/mol. The lowest BCUT2D eigenvalue weighted by Gasteiger charge is -2.43. The van der Waals surface area contributed by atoms with Crippen LogP contribution in [0.15, 0.2) is 16.8 Å². The molecule has 1 N–H and O–H groups in total. The second kappa shape index (κ2) is 9.92. The van der Waals surface area contributed by atoms with E-state index in [-0.39, 0.29) is 18.1 Å². The third-order valence-electron chi connectivity index (χ3n) is 6.50. The molecule has 2 fully saturated rings. The van der Waals surface area contributed by atoms with Gasteiger partial charge in [0.25, 0.3) is 18.3 Å². The molecule has 11 heteroatoms. The van der Waals surface area contributed by atoms with E-state index in [9.17, 15) is 4.79 Å². The Morgan fingerprint density at radius 3 is 2.73 bits per heavy atom.